The average molecular weight is 339 g/mol. The third-order valence-electron chi connectivity index (χ3n) is 2.08. The van der Waals surface area contributed by atoms with Crippen LogP contribution in [0.3, 0.4) is 0 Å². The molecule has 0 saturated heterocycles. The number of hydrogen-bond donors (Lipinski definition) is 2. The van der Waals surface area contributed by atoms with Crippen molar-refractivity contribution in [2.24, 2.45) is 5.73 Å². The van der Waals surface area contributed by atoms with Crippen molar-refractivity contribution in [3.8, 4) is 5.75 Å². The molecule has 1 rings (SSSR count). The number of amides is 1. The molecule has 8 heteroatoms. The first-order chi connectivity index (χ1) is 8.99. The van der Waals surface area contributed by atoms with Gasteiger partial charge < -0.3 is 20.5 Å². The Hall–Kier alpha value is -1.41. The summed E-state index contributed by atoms with van der Waals surface area (Å²) in [6, 6.07) is 4.73. The van der Waals surface area contributed by atoms with Gasteiger partial charge in [0.2, 0.25) is 0 Å². The van der Waals surface area contributed by atoms with Gasteiger partial charge in [-0.1, -0.05) is 15.9 Å². The van der Waals surface area contributed by atoms with E-state index in [0.29, 0.717) is 18.7 Å². The van der Waals surface area contributed by atoms with Crippen molar-refractivity contribution >= 4 is 22.0 Å². The summed E-state index contributed by atoms with van der Waals surface area (Å²) >= 11 is 3.25. The Morgan fingerprint density at radius 3 is 2.84 bits per heavy atom. The standard InChI is InChI=1S/C11H13BrF2N2O3/c12-8-1-2-9(19-10(13)14)7(5-8)6-16-3-4-18-11(15)17/h1-2,5,10,16H,3-4,6H2,(H2,15,17). The number of rotatable bonds is 7. The third kappa shape index (κ3) is 6.35. The lowest BCUT2D eigenvalue weighted by Crippen LogP contribution is -2.23. The predicted molar refractivity (Wildman–Crippen MR) is 68.0 cm³/mol. The van der Waals surface area contributed by atoms with E-state index in [2.05, 4.69) is 30.7 Å². The zero-order valence-corrected chi connectivity index (χ0v) is 11.5. The van der Waals surface area contributed by atoms with Gasteiger partial charge >= 0.3 is 12.7 Å². The van der Waals surface area contributed by atoms with E-state index in [1.807, 2.05) is 0 Å². The number of primary amides is 1. The quantitative estimate of drug-likeness (QED) is 0.748. The first kappa shape index (κ1) is 15.6. The Kier molecular flexibility index (Phi) is 6.51. The van der Waals surface area contributed by atoms with E-state index in [4.69, 9.17) is 5.73 Å². The molecule has 5 nitrogen and oxygen atoms in total. The molecule has 0 atom stereocenters. The maximum Gasteiger partial charge on any atom is 0.404 e. The van der Waals surface area contributed by atoms with Crippen LogP contribution >= 0.6 is 15.9 Å². The molecular formula is C11H13BrF2N2O3. The molecule has 0 fully saturated rings. The smallest absolute Gasteiger partial charge is 0.404 e. The second kappa shape index (κ2) is 7.90. The van der Waals surface area contributed by atoms with Crippen LogP contribution in [-0.4, -0.2) is 25.9 Å². The minimum Gasteiger partial charge on any atom is -0.448 e. The molecule has 0 heterocycles. The Morgan fingerprint density at radius 1 is 1.47 bits per heavy atom. The number of carbonyl (C=O) groups excluding carboxylic acids is 1. The summed E-state index contributed by atoms with van der Waals surface area (Å²) < 4.78 is 34.1. The molecule has 1 aromatic carbocycles. The van der Waals surface area contributed by atoms with E-state index in [9.17, 15) is 13.6 Å². The molecule has 0 radical (unpaired) electrons. The molecule has 0 saturated carbocycles. The van der Waals surface area contributed by atoms with Crippen molar-refractivity contribution < 1.29 is 23.0 Å². The van der Waals surface area contributed by atoms with Crippen LogP contribution < -0.4 is 15.8 Å². The molecule has 106 valence electrons. The lowest BCUT2D eigenvalue weighted by Gasteiger charge is -2.12. The SMILES string of the molecule is NC(=O)OCCNCc1cc(Br)ccc1OC(F)F. The molecule has 1 amide bonds. The number of nitrogens with two attached hydrogens (primary N) is 1. The van der Waals surface area contributed by atoms with Crippen LogP contribution in [0.25, 0.3) is 0 Å². The molecule has 1 aromatic rings. The number of hydrogen-bond acceptors (Lipinski definition) is 4. The molecule has 0 aliphatic rings. The molecule has 0 aromatic heterocycles. The van der Waals surface area contributed by atoms with Gasteiger partial charge in [0.25, 0.3) is 0 Å². The highest BCUT2D eigenvalue weighted by Crippen LogP contribution is 2.24. The fourth-order valence-electron chi connectivity index (χ4n) is 1.34. The van der Waals surface area contributed by atoms with Crippen LogP contribution in [0.15, 0.2) is 22.7 Å². The van der Waals surface area contributed by atoms with Crippen molar-refractivity contribution in [2.45, 2.75) is 13.2 Å². The summed E-state index contributed by atoms with van der Waals surface area (Å²) in [5.41, 5.74) is 5.35. The van der Waals surface area contributed by atoms with Crippen molar-refractivity contribution in [2.75, 3.05) is 13.2 Å². The highest BCUT2D eigenvalue weighted by atomic mass is 79.9. The van der Waals surface area contributed by atoms with Gasteiger partial charge in [0.05, 0.1) is 0 Å². The maximum absolute atomic E-state index is 12.2. The van der Waals surface area contributed by atoms with Crippen LogP contribution in [0.1, 0.15) is 5.56 Å². The minimum atomic E-state index is -2.88. The number of ether oxygens (including phenoxy) is 2. The average Bonchev–Trinajstić information content (AvgIpc) is 2.31. The van der Waals surface area contributed by atoms with E-state index in [1.54, 1.807) is 12.1 Å². The zero-order valence-electron chi connectivity index (χ0n) is 9.87. The maximum atomic E-state index is 12.2. The second-order valence-corrected chi connectivity index (χ2v) is 4.39. The zero-order chi connectivity index (χ0) is 14.3. The molecule has 19 heavy (non-hydrogen) atoms. The first-order valence-electron chi connectivity index (χ1n) is 5.35. The van der Waals surface area contributed by atoms with Crippen molar-refractivity contribution in [3.63, 3.8) is 0 Å². The van der Waals surface area contributed by atoms with E-state index in [0.717, 1.165) is 4.47 Å². The topological polar surface area (TPSA) is 73.6 Å². The summed E-state index contributed by atoms with van der Waals surface area (Å²) in [5, 5.41) is 2.92. The lowest BCUT2D eigenvalue weighted by molar-refractivity contribution is -0.0505. The van der Waals surface area contributed by atoms with Crippen LogP contribution in [-0.2, 0) is 11.3 Å². The molecule has 3 N–H and O–H groups in total. The van der Waals surface area contributed by atoms with Crippen LogP contribution in [0.5, 0.6) is 5.75 Å². The second-order valence-electron chi connectivity index (χ2n) is 3.47. The van der Waals surface area contributed by atoms with Gasteiger partial charge in [-0.15, -0.1) is 0 Å². The lowest BCUT2D eigenvalue weighted by atomic mass is 10.2. The van der Waals surface area contributed by atoms with Gasteiger partial charge in [0, 0.05) is 23.1 Å². The van der Waals surface area contributed by atoms with Crippen LogP contribution in [0.2, 0.25) is 0 Å². The monoisotopic (exact) mass is 338 g/mol. The summed E-state index contributed by atoms with van der Waals surface area (Å²) in [5.74, 6) is 0.0986. The molecule has 0 unspecified atom stereocenters. The fourth-order valence-corrected chi connectivity index (χ4v) is 1.75. The van der Waals surface area contributed by atoms with E-state index in [1.165, 1.54) is 6.07 Å². The summed E-state index contributed by atoms with van der Waals surface area (Å²) in [6.45, 7) is -2.13. The Bertz CT molecular complexity index is 432. The number of alkyl halides is 2. The van der Waals surface area contributed by atoms with E-state index >= 15 is 0 Å². The Morgan fingerprint density at radius 2 is 2.21 bits per heavy atom. The summed E-state index contributed by atoms with van der Waals surface area (Å²) in [7, 11) is 0. The Labute approximate surface area is 117 Å². The van der Waals surface area contributed by atoms with Crippen molar-refractivity contribution in [3.05, 3.63) is 28.2 Å². The summed E-state index contributed by atoms with van der Waals surface area (Å²) in [4.78, 5) is 10.3. The molecule has 0 aliphatic heterocycles. The fraction of sp³-hybridized carbons (Fsp3) is 0.364. The molecule has 0 aliphatic carbocycles. The number of benzene rings is 1. The van der Waals surface area contributed by atoms with E-state index in [-0.39, 0.29) is 12.4 Å². The number of carbonyl (C=O) groups is 1. The van der Waals surface area contributed by atoms with Crippen molar-refractivity contribution in [1.82, 2.24) is 5.32 Å². The molecular weight excluding hydrogens is 326 g/mol. The van der Waals surface area contributed by atoms with Crippen molar-refractivity contribution in [1.29, 1.82) is 0 Å². The van der Waals surface area contributed by atoms with Gasteiger partial charge in [-0.25, -0.2) is 4.79 Å². The normalized spacial score (nSPS) is 10.5. The van der Waals surface area contributed by atoms with Gasteiger partial charge in [-0.2, -0.15) is 8.78 Å². The van der Waals surface area contributed by atoms with Crippen LogP contribution in [0, 0.1) is 0 Å². The number of nitrogens with one attached hydrogen (secondary N) is 1. The predicted octanol–water partition coefficient (Wildman–Crippen LogP) is 2.24. The molecule has 0 bridgehead atoms. The van der Waals surface area contributed by atoms with Crippen LogP contribution in [0.4, 0.5) is 13.6 Å². The summed E-state index contributed by atoms with van der Waals surface area (Å²) in [6.07, 6.45) is -0.856. The number of halogens is 3. The van der Waals surface area contributed by atoms with Gasteiger partial charge in [-0.3, -0.25) is 0 Å². The highest BCUT2D eigenvalue weighted by Gasteiger charge is 2.09. The third-order valence-corrected chi connectivity index (χ3v) is 2.57. The largest absolute Gasteiger partial charge is 0.448 e. The minimum absolute atomic E-state index is 0.0986. The highest BCUT2D eigenvalue weighted by molar-refractivity contribution is 9.10. The van der Waals surface area contributed by atoms with Gasteiger partial charge in [0.15, 0.2) is 0 Å². The first-order valence-corrected chi connectivity index (χ1v) is 6.14. The molecule has 0 spiro atoms. The van der Waals surface area contributed by atoms with Gasteiger partial charge in [-0.05, 0) is 18.2 Å². The van der Waals surface area contributed by atoms with E-state index < -0.39 is 12.7 Å². The van der Waals surface area contributed by atoms with Gasteiger partial charge in [0.1, 0.15) is 12.4 Å². The Balaban J connectivity index is 2.51.